The minimum Gasteiger partial charge on any atom is -1.00 e. The van der Waals surface area contributed by atoms with Crippen LogP contribution in [0.5, 0.6) is 11.5 Å². The SMILES string of the molecule is C1CCOC1.COc1ccc(C2(C#N)CCCC2)cc1.COc1ccc(C2(CN)CCCC2)cc1.[AlH3].[H-].[Li+]. The molecule has 0 atom stereocenters. The van der Waals surface area contributed by atoms with Gasteiger partial charge in [-0.2, -0.15) is 5.26 Å². The largest absolute Gasteiger partial charge is 1.00 e. The van der Waals surface area contributed by atoms with E-state index in [-0.39, 0.29) is 48.5 Å². The molecule has 2 aromatic rings. The molecule has 5 rings (SSSR count). The van der Waals surface area contributed by atoms with Gasteiger partial charge in [-0.15, -0.1) is 0 Å². The molecule has 2 saturated carbocycles. The third kappa shape index (κ3) is 9.08. The Morgan fingerprint density at radius 2 is 1.22 bits per heavy atom. The smallest absolute Gasteiger partial charge is 1.00 e. The number of hydrogen-bond acceptors (Lipinski definition) is 5. The second-order valence-electron chi connectivity index (χ2n) is 9.87. The molecule has 2 aromatic carbocycles. The van der Waals surface area contributed by atoms with Gasteiger partial charge in [0.15, 0.2) is 17.4 Å². The topological polar surface area (TPSA) is 77.5 Å². The van der Waals surface area contributed by atoms with E-state index < -0.39 is 0 Å². The average molecular weight is 517 g/mol. The quantitative estimate of drug-likeness (QED) is 0.617. The Bertz CT molecular complexity index is 914. The fourth-order valence-electron chi connectivity index (χ4n) is 5.47. The molecule has 0 amide bonds. The van der Waals surface area contributed by atoms with Crippen molar-refractivity contribution in [3.63, 3.8) is 0 Å². The molecular formula is C30H46AlLiN2O3. The van der Waals surface area contributed by atoms with Crippen LogP contribution in [-0.2, 0) is 15.6 Å². The fourth-order valence-corrected chi connectivity index (χ4v) is 5.47. The first-order valence-electron chi connectivity index (χ1n) is 13.1. The van der Waals surface area contributed by atoms with Crippen LogP contribution in [0.4, 0.5) is 0 Å². The zero-order valence-electron chi connectivity index (χ0n) is 23.6. The molecule has 2 aliphatic carbocycles. The van der Waals surface area contributed by atoms with E-state index in [1.807, 2.05) is 36.4 Å². The Kier molecular flexibility index (Phi) is 15.6. The number of nitrogens with two attached hydrogens (primary N) is 1. The molecule has 0 radical (unpaired) electrons. The predicted octanol–water partition coefficient (Wildman–Crippen LogP) is 2.23. The van der Waals surface area contributed by atoms with Gasteiger partial charge in [-0.3, -0.25) is 0 Å². The first-order valence-corrected chi connectivity index (χ1v) is 13.1. The molecule has 198 valence electrons. The minimum atomic E-state index is -0.230. The van der Waals surface area contributed by atoms with Crippen LogP contribution in [0.25, 0.3) is 0 Å². The molecule has 7 heteroatoms. The summed E-state index contributed by atoms with van der Waals surface area (Å²) in [5.41, 5.74) is 8.47. The molecule has 37 heavy (non-hydrogen) atoms. The average Bonchev–Trinajstić information content (AvgIpc) is 3.73. The zero-order valence-corrected chi connectivity index (χ0v) is 22.6. The Balaban J connectivity index is 0.000000571. The summed E-state index contributed by atoms with van der Waals surface area (Å²) in [4.78, 5) is 0. The number of benzene rings is 2. The number of rotatable bonds is 5. The van der Waals surface area contributed by atoms with Gasteiger partial charge in [0.25, 0.3) is 0 Å². The first-order chi connectivity index (χ1) is 17.1. The zero-order chi connectivity index (χ0) is 25.0. The van der Waals surface area contributed by atoms with Crippen LogP contribution in [0.3, 0.4) is 0 Å². The minimum absolute atomic E-state index is 0. The molecule has 2 N–H and O–H groups in total. The molecule has 1 aliphatic heterocycles. The molecule has 1 heterocycles. The number of nitrogens with zero attached hydrogens (tertiary/aromatic N) is 1. The van der Waals surface area contributed by atoms with Gasteiger partial charge in [0, 0.05) is 25.2 Å². The van der Waals surface area contributed by atoms with Crippen LogP contribution < -0.4 is 34.1 Å². The number of ether oxygens (including phenoxy) is 3. The molecule has 0 unspecified atom stereocenters. The van der Waals surface area contributed by atoms with E-state index in [0.29, 0.717) is 0 Å². The van der Waals surface area contributed by atoms with Crippen molar-refractivity contribution < 1.29 is 34.5 Å². The summed E-state index contributed by atoms with van der Waals surface area (Å²) in [5, 5.41) is 9.32. The summed E-state index contributed by atoms with van der Waals surface area (Å²) in [5.74, 6) is 1.77. The molecule has 0 spiro atoms. The maximum absolute atomic E-state index is 9.32. The third-order valence-electron chi connectivity index (χ3n) is 7.79. The van der Waals surface area contributed by atoms with Gasteiger partial charge < -0.3 is 21.4 Å². The molecule has 5 nitrogen and oxygen atoms in total. The van der Waals surface area contributed by atoms with Gasteiger partial charge in [-0.05, 0) is 73.9 Å². The molecule has 3 fully saturated rings. The van der Waals surface area contributed by atoms with Gasteiger partial charge in [0.2, 0.25) is 0 Å². The summed E-state index contributed by atoms with van der Waals surface area (Å²) in [7, 11) is 3.36. The normalized spacial score (nSPS) is 18.4. The number of hydrogen-bond donors (Lipinski definition) is 1. The first kappa shape index (κ1) is 33.6. The van der Waals surface area contributed by atoms with Crippen LogP contribution in [0.1, 0.15) is 76.8 Å². The second-order valence-corrected chi connectivity index (χ2v) is 9.87. The van der Waals surface area contributed by atoms with Crippen molar-refractivity contribution in [3.05, 3.63) is 59.7 Å². The summed E-state index contributed by atoms with van der Waals surface area (Å²) in [6.07, 6.45) is 12.0. The van der Waals surface area contributed by atoms with Crippen molar-refractivity contribution in [2.45, 2.75) is 75.0 Å². The van der Waals surface area contributed by atoms with E-state index in [0.717, 1.165) is 49.7 Å². The molecule has 0 aromatic heterocycles. The molecular weight excluding hydrogens is 470 g/mol. The Morgan fingerprint density at radius 1 is 0.784 bits per heavy atom. The van der Waals surface area contributed by atoms with E-state index in [1.54, 1.807) is 14.2 Å². The van der Waals surface area contributed by atoms with Crippen molar-refractivity contribution in [1.82, 2.24) is 0 Å². The standard InChI is InChI=1S/C13H19NO.C13H15NO.C4H8O.Al.Li.4H/c2*1-15-12-6-4-11(5-7-12)13(10-14)8-2-3-9-13;1-2-4-5-3-1;;;;;;/h4-7H,2-3,8-10,14H2,1H3;4-7H,2-3,8-9H2,1H3;1-4H2;;;;;;/q;;;;+1;;;;-1. The van der Waals surface area contributed by atoms with Crippen LogP contribution in [0, 0.1) is 11.3 Å². The van der Waals surface area contributed by atoms with Gasteiger partial charge in [-0.25, -0.2) is 0 Å². The summed E-state index contributed by atoms with van der Waals surface area (Å²) < 4.78 is 15.2. The van der Waals surface area contributed by atoms with E-state index >= 15 is 0 Å². The number of methoxy groups -OCH3 is 2. The van der Waals surface area contributed by atoms with Crippen molar-refractivity contribution >= 4 is 17.4 Å². The Morgan fingerprint density at radius 3 is 1.57 bits per heavy atom. The predicted molar refractivity (Wildman–Crippen MR) is 152 cm³/mol. The van der Waals surface area contributed by atoms with Crippen molar-refractivity contribution in [2.75, 3.05) is 34.0 Å². The van der Waals surface area contributed by atoms with Crippen molar-refractivity contribution in [3.8, 4) is 17.6 Å². The maximum Gasteiger partial charge on any atom is 1.00 e. The fraction of sp³-hybridized carbons (Fsp3) is 0.567. The van der Waals surface area contributed by atoms with Crippen molar-refractivity contribution in [2.24, 2.45) is 5.73 Å². The summed E-state index contributed by atoms with van der Waals surface area (Å²) in [6.45, 7) is 2.76. The van der Waals surface area contributed by atoms with Crippen LogP contribution in [0.15, 0.2) is 48.5 Å². The Labute approximate surface area is 248 Å². The maximum atomic E-state index is 9.32. The molecule has 0 bridgehead atoms. The summed E-state index contributed by atoms with van der Waals surface area (Å²) in [6, 6.07) is 18.8. The summed E-state index contributed by atoms with van der Waals surface area (Å²) >= 11 is 0. The van der Waals surface area contributed by atoms with Crippen LogP contribution in [-0.4, -0.2) is 51.3 Å². The van der Waals surface area contributed by atoms with Crippen LogP contribution in [0.2, 0.25) is 0 Å². The van der Waals surface area contributed by atoms with Crippen molar-refractivity contribution in [1.29, 1.82) is 5.26 Å². The van der Waals surface area contributed by atoms with Gasteiger partial charge in [-0.1, -0.05) is 49.9 Å². The van der Waals surface area contributed by atoms with Gasteiger partial charge in [0.1, 0.15) is 11.5 Å². The van der Waals surface area contributed by atoms with E-state index in [2.05, 4.69) is 18.2 Å². The third-order valence-corrected chi connectivity index (χ3v) is 7.79. The second kappa shape index (κ2) is 17.2. The number of nitriles is 1. The van der Waals surface area contributed by atoms with E-state index in [9.17, 15) is 5.26 Å². The molecule has 1 saturated heterocycles. The van der Waals surface area contributed by atoms with Gasteiger partial charge in [0.05, 0.1) is 25.7 Å². The van der Waals surface area contributed by atoms with Gasteiger partial charge >= 0.3 is 18.9 Å². The van der Waals surface area contributed by atoms with E-state index in [1.165, 1.54) is 56.9 Å². The monoisotopic (exact) mass is 516 g/mol. The van der Waals surface area contributed by atoms with Crippen LogP contribution >= 0.6 is 0 Å². The Hall–Kier alpha value is -1.42. The van der Waals surface area contributed by atoms with E-state index in [4.69, 9.17) is 19.9 Å². The molecule has 3 aliphatic rings.